The maximum absolute atomic E-state index is 3.56. The summed E-state index contributed by atoms with van der Waals surface area (Å²) in [5, 5.41) is 0. The van der Waals surface area contributed by atoms with Gasteiger partial charge in [-0.3, -0.25) is 0 Å². The van der Waals surface area contributed by atoms with Gasteiger partial charge in [-0.2, -0.15) is 0 Å². The average Bonchev–Trinajstić information content (AvgIpc) is 2.02. The summed E-state index contributed by atoms with van der Waals surface area (Å²) in [7, 11) is 0. The molecule has 0 nitrogen and oxygen atoms in total. The summed E-state index contributed by atoms with van der Waals surface area (Å²) in [4.78, 5) is 0.702. The molecule has 0 rings (SSSR count). The molecule has 1 heteroatoms. The van der Waals surface area contributed by atoms with Gasteiger partial charge < -0.3 is 0 Å². The zero-order valence-corrected chi connectivity index (χ0v) is 9.94. The largest absolute Gasteiger partial charge is 0.0917 e. The van der Waals surface area contributed by atoms with E-state index in [2.05, 4.69) is 41.9 Å². The Balaban J connectivity index is 2.91. The molecular formula is C11H21Br. The van der Waals surface area contributed by atoms with Crippen LogP contribution in [-0.4, -0.2) is 4.83 Å². The first-order valence-corrected chi connectivity index (χ1v) is 5.94. The van der Waals surface area contributed by atoms with Gasteiger partial charge in [0.1, 0.15) is 0 Å². The van der Waals surface area contributed by atoms with Gasteiger partial charge in [0.05, 0.1) is 0 Å². The van der Waals surface area contributed by atoms with Crippen molar-refractivity contribution in [1.82, 2.24) is 0 Å². The highest BCUT2D eigenvalue weighted by molar-refractivity contribution is 9.09. The van der Waals surface area contributed by atoms with Crippen molar-refractivity contribution in [3.63, 3.8) is 0 Å². The van der Waals surface area contributed by atoms with Crippen LogP contribution in [0.15, 0.2) is 12.2 Å². The molecule has 0 fully saturated rings. The number of halogens is 1. The second kappa shape index (κ2) is 9.31. The van der Waals surface area contributed by atoms with Gasteiger partial charge in [-0.15, -0.1) is 0 Å². The standard InChI is InChI=1S/C11H21Br/c1-3-4-5-6-7-8-9-10-11(2)12/h3-4,11H,5-10H2,1-2H3. The van der Waals surface area contributed by atoms with Gasteiger partial charge in [0.2, 0.25) is 0 Å². The van der Waals surface area contributed by atoms with Crippen LogP contribution in [-0.2, 0) is 0 Å². The maximum atomic E-state index is 3.56. The van der Waals surface area contributed by atoms with E-state index in [1.165, 1.54) is 38.5 Å². The smallest absolute Gasteiger partial charge is 0.0117 e. The van der Waals surface area contributed by atoms with Crippen molar-refractivity contribution in [2.24, 2.45) is 0 Å². The average molecular weight is 233 g/mol. The first kappa shape index (κ1) is 12.2. The number of rotatable bonds is 7. The minimum Gasteiger partial charge on any atom is -0.0917 e. The summed E-state index contributed by atoms with van der Waals surface area (Å²) < 4.78 is 0. The molecule has 0 aromatic heterocycles. The molecule has 0 aliphatic heterocycles. The summed E-state index contributed by atoms with van der Waals surface area (Å²) in [6, 6.07) is 0. The van der Waals surface area contributed by atoms with Crippen molar-refractivity contribution in [2.75, 3.05) is 0 Å². The van der Waals surface area contributed by atoms with E-state index in [0.717, 1.165) is 0 Å². The van der Waals surface area contributed by atoms with Crippen LogP contribution in [0.3, 0.4) is 0 Å². The number of allylic oxidation sites excluding steroid dienone is 2. The van der Waals surface area contributed by atoms with Crippen molar-refractivity contribution >= 4 is 15.9 Å². The Hall–Kier alpha value is 0.220. The fraction of sp³-hybridized carbons (Fsp3) is 0.818. The topological polar surface area (TPSA) is 0 Å². The molecule has 0 aromatic carbocycles. The molecule has 1 atom stereocenters. The van der Waals surface area contributed by atoms with Gasteiger partial charge in [0.25, 0.3) is 0 Å². The van der Waals surface area contributed by atoms with Crippen molar-refractivity contribution in [1.29, 1.82) is 0 Å². The number of hydrogen-bond acceptors (Lipinski definition) is 0. The van der Waals surface area contributed by atoms with E-state index >= 15 is 0 Å². The summed E-state index contributed by atoms with van der Waals surface area (Å²) in [6.07, 6.45) is 12.5. The molecule has 0 saturated carbocycles. The lowest BCUT2D eigenvalue weighted by Gasteiger charge is -2.01. The molecule has 0 N–H and O–H groups in total. The Bertz CT molecular complexity index is 106. The van der Waals surface area contributed by atoms with Gasteiger partial charge >= 0.3 is 0 Å². The highest BCUT2D eigenvalue weighted by Gasteiger charge is 1.94. The highest BCUT2D eigenvalue weighted by Crippen LogP contribution is 2.11. The maximum Gasteiger partial charge on any atom is 0.0117 e. The third kappa shape index (κ3) is 10.2. The first-order chi connectivity index (χ1) is 5.77. The summed E-state index contributed by atoms with van der Waals surface area (Å²) >= 11 is 3.56. The molecule has 0 aliphatic rings. The zero-order chi connectivity index (χ0) is 9.23. The second-order valence-corrected chi connectivity index (χ2v) is 4.90. The fourth-order valence-corrected chi connectivity index (χ4v) is 1.53. The third-order valence-electron chi connectivity index (χ3n) is 1.96. The van der Waals surface area contributed by atoms with Gasteiger partial charge in [0.15, 0.2) is 0 Å². The van der Waals surface area contributed by atoms with Crippen LogP contribution in [0.2, 0.25) is 0 Å². The normalized spacial score (nSPS) is 13.9. The van der Waals surface area contributed by atoms with Crippen molar-refractivity contribution in [3.8, 4) is 0 Å². The van der Waals surface area contributed by atoms with Crippen LogP contribution < -0.4 is 0 Å². The predicted octanol–water partition coefficient (Wildman–Crippen LogP) is 4.69. The molecule has 0 heterocycles. The van der Waals surface area contributed by atoms with Gasteiger partial charge in [-0.05, 0) is 26.2 Å². The van der Waals surface area contributed by atoms with Crippen LogP contribution in [0.5, 0.6) is 0 Å². The minimum absolute atomic E-state index is 0.702. The fourth-order valence-electron chi connectivity index (χ4n) is 1.21. The summed E-state index contributed by atoms with van der Waals surface area (Å²) in [5.41, 5.74) is 0. The van der Waals surface area contributed by atoms with Crippen LogP contribution in [0, 0.1) is 0 Å². The highest BCUT2D eigenvalue weighted by atomic mass is 79.9. The second-order valence-electron chi connectivity index (χ2n) is 3.34. The van der Waals surface area contributed by atoms with Crippen LogP contribution in [0.25, 0.3) is 0 Å². The van der Waals surface area contributed by atoms with E-state index in [1.807, 2.05) is 0 Å². The van der Waals surface area contributed by atoms with E-state index in [1.54, 1.807) is 0 Å². The Labute approximate surface area is 85.6 Å². The molecular weight excluding hydrogens is 212 g/mol. The number of alkyl halides is 1. The van der Waals surface area contributed by atoms with E-state index in [0.29, 0.717) is 4.83 Å². The lowest BCUT2D eigenvalue weighted by atomic mass is 10.1. The Kier molecular flexibility index (Phi) is 9.48. The van der Waals surface area contributed by atoms with Crippen molar-refractivity contribution in [2.45, 2.75) is 57.2 Å². The minimum atomic E-state index is 0.702. The van der Waals surface area contributed by atoms with E-state index in [-0.39, 0.29) is 0 Å². The number of unbranched alkanes of at least 4 members (excludes halogenated alkanes) is 4. The molecule has 1 unspecified atom stereocenters. The van der Waals surface area contributed by atoms with E-state index in [4.69, 9.17) is 0 Å². The van der Waals surface area contributed by atoms with Crippen molar-refractivity contribution in [3.05, 3.63) is 12.2 Å². The third-order valence-corrected chi connectivity index (χ3v) is 2.42. The SMILES string of the molecule is CC=CCCCCCCC(C)Br. The molecule has 0 radical (unpaired) electrons. The lowest BCUT2D eigenvalue weighted by Crippen LogP contribution is -1.88. The van der Waals surface area contributed by atoms with Crippen molar-refractivity contribution < 1.29 is 0 Å². The Morgan fingerprint density at radius 1 is 1.17 bits per heavy atom. The van der Waals surface area contributed by atoms with Crippen LogP contribution in [0.4, 0.5) is 0 Å². The van der Waals surface area contributed by atoms with E-state index in [9.17, 15) is 0 Å². The summed E-state index contributed by atoms with van der Waals surface area (Å²) in [5.74, 6) is 0. The Morgan fingerprint density at radius 2 is 1.83 bits per heavy atom. The number of hydrogen-bond donors (Lipinski definition) is 0. The predicted molar refractivity (Wildman–Crippen MR) is 60.9 cm³/mol. The Morgan fingerprint density at radius 3 is 2.42 bits per heavy atom. The summed E-state index contributed by atoms with van der Waals surface area (Å²) in [6.45, 7) is 4.31. The molecule has 12 heavy (non-hydrogen) atoms. The van der Waals surface area contributed by atoms with E-state index < -0.39 is 0 Å². The molecule has 0 bridgehead atoms. The molecule has 72 valence electrons. The molecule has 0 aliphatic carbocycles. The van der Waals surface area contributed by atoms with Gasteiger partial charge in [-0.25, -0.2) is 0 Å². The molecule has 0 amide bonds. The quantitative estimate of drug-likeness (QED) is 0.340. The molecule has 0 aromatic rings. The van der Waals surface area contributed by atoms with Crippen LogP contribution >= 0.6 is 15.9 Å². The molecule has 0 spiro atoms. The monoisotopic (exact) mass is 232 g/mol. The first-order valence-electron chi connectivity index (χ1n) is 5.02. The lowest BCUT2D eigenvalue weighted by molar-refractivity contribution is 0.619. The van der Waals surface area contributed by atoms with Gasteiger partial charge in [-0.1, -0.05) is 54.3 Å². The van der Waals surface area contributed by atoms with Crippen LogP contribution in [0.1, 0.15) is 52.4 Å². The van der Waals surface area contributed by atoms with Gasteiger partial charge in [0, 0.05) is 4.83 Å². The zero-order valence-electron chi connectivity index (χ0n) is 8.35. The molecule has 0 saturated heterocycles.